The molecule has 0 bridgehead atoms. The molecule has 0 unspecified atom stereocenters. The van der Waals surface area contributed by atoms with Crippen LogP contribution >= 0.6 is 15.9 Å². The highest BCUT2D eigenvalue weighted by Gasteiger charge is 2.36. The van der Waals surface area contributed by atoms with E-state index >= 15 is 0 Å². The minimum Gasteiger partial charge on any atom is -0.352 e. The number of sulfonamides is 1. The van der Waals surface area contributed by atoms with E-state index in [1.807, 2.05) is 80.6 Å². The molecule has 1 atom stereocenters. The summed E-state index contributed by atoms with van der Waals surface area (Å²) in [5.41, 5.74) is 3.85. The third kappa shape index (κ3) is 8.25. The van der Waals surface area contributed by atoms with Crippen LogP contribution in [0.25, 0.3) is 0 Å². The molecule has 4 aromatic rings. The van der Waals surface area contributed by atoms with Crippen molar-refractivity contribution >= 4 is 43.5 Å². The fraction of sp³-hybridized carbons (Fsp3) is 0.297. The Bertz CT molecular complexity index is 1760. The quantitative estimate of drug-likeness (QED) is 0.173. The number of nitrogens with one attached hydrogen (secondary N) is 1. The molecular weight excluding hydrogens is 662 g/mol. The van der Waals surface area contributed by atoms with E-state index in [4.69, 9.17) is 0 Å². The van der Waals surface area contributed by atoms with Crippen molar-refractivity contribution < 1.29 is 18.0 Å². The summed E-state index contributed by atoms with van der Waals surface area (Å²) < 4.78 is 30.5. The zero-order valence-corrected chi connectivity index (χ0v) is 28.6. The van der Waals surface area contributed by atoms with E-state index in [2.05, 4.69) is 21.2 Å². The Morgan fingerprint density at radius 3 is 2.15 bits per heavy atom. The lowest BCUT2D eigenvalue weighted by atomic mass is 10.0. The van der Waals surface area contributed by atoms with E-state index < -0.39 is 28.5 Å². The van der Waals surface area contributed by atoms with Gasteiger partial charge >= 0.3 is 0 Å². The van der Waals surface area contributed by atoms with Crippen molar-refractivity contribution in [2.24, 2.45) is 0 Å². The van der Waals surface area contributed by atoms with E-state index in [1.54, 1.807) is 29.2 Å². The SMILES string of the molecule is Cc1ccc(N(CC(=O)N(Cc2cccc(Br)c2)[C@@H](Cc2ccccc2)C(=O)NC2CCCC2)S(=O)(=O)c2ccccc2)c(C)c1. The zero-order chi connectivity index (χ0) is 32.7. The first-order valence-electron chi connectivity index (χ1n) is 15.6. The van der Waals surface area contributed by atoms with Crippen LogP contribution in [-0.4, -0.2) is 43.8 Å². The molecule has 46 heavy (non-hydrogen) atoms. The van der Waals surface area contributed by atoms with Gasteiger partial charge in [-0.25, -0.2) is 8.42 Å². The number of hydrogen-bond donors (Lipinski definition) is 1. The van der Waals surface area contributed by atoms with Crippen LogP contribution in [-0.2, 0) is 32.6 Å². The van der Waals surface area contributed by atoms with Gasteiger partial charge in [-0.15, -0.1) is 0 Å². The molecule has 1 N–H and O–H groups in total. The standard InChI is InChI=1S/C37H40BrN3O4S/c1-27-20-21-34(28(2)22-27)41(46(44,45)33-18-7-4-8-19-33)26-36(42)40(25-30-14-11-15-31(38)23-30)35(24-29-12-5-3-6-13-29)37(43)39-32-16-9-10-17-32/h3-8,11-15,18-23,32,35H,9-10,16-17,24-26H2,1-2H3,(H,39,43)/t35-/m0/s1. The molecule has 0 radical (unpaired) electrons. The van der Waals surface area contributed by atoms with E-state index in [9.17, 15) is 18.0 Å². The molecule has 9 heteroatoms. The number of rotatable bonds is 12. The first kappa shape index (κ1) is 33.4. The van der Waals surface area contributed by atoms with Gasteiger partial charge in [-0.3, -0.25) is 13.9 Å². The van der Waals surface area contributed by atoms with Gasteiger partial charge in [-0.1, -0.05) is 107 Å². The van der Waals surface area contributed by atoms with Crippen LogP contribution in [0.1, 0.15) is 47.9 Å². The molecule has 0 heterocycles. The summed E-state index contributed by atoms with van der Waals surface area (Å²) >= 11 is 3.53. The van der Waals surface area contributed by atoms with Crippen molar-refractivity contribution in [1.82, 2.24) is 10.2 Å². The van der Waals surface area contributed by atoms with Gasteiger partial charge in [-0.2, -0.15) is 0 Å². The van der Waals surface area contributed by atoms with Crippen molar-refractivity contribution in [2.75, 3.05) is 10.8 Å². The summed E-state index contributed by atoms with van der Waals surface area (Å²) in [6, 6.07) is 30.0. The molecular formula is C37H40BrN3O4S. The highest BCUT2D eigenvalue weighted by atomic mass is 79.9. The average molecular weight is 703 g/mol. The molecule has 0 spiro atoms. The number of carbonyl (C=O) groups excluding carboxylic acids is 2. The van der Waals surface area contributed by atoms with Gasteiger partial charge in [0.15, 0.2) is 0 Å². The molecule has 1 aliphatic carbocycles. The monoisotopic (exact) mass is 701 g/mol. The number of hydrogen-bond acceptors (Lipinski definition) is 4. The fourth-order valence-electron chi connectivity index (χ4n) is 6.07. The highest BCUT2D eigenvalue weighted by Crippen LogP contribution is 2.29. The molecule has 2 amide bonds. The number of nitrogens with zero attached hydrogens (tertiary/aromatic N) is 2. The number of benzene rings is 4. The molecule has 1 fully saturated rings. The Labute approximate surface area is 280 Å². The fourth-order valence-corrected chi connectivity index (χ4v) is 8.02. The topological polar surface area (TPSA) is 86.8 Å². The van der Waals surface area contributed by atoms with Gasteiger partial charge in [0.1, 0.15) is 12.6 Å². The Morgan fingerprint density at radius 2 is 1.50 bits per heavy atom. The Balaban J connectivity index is 1.58. The third-order valence-corrected chi connectivity index (χ3v) is 10.7. The minimum atomic E-state index is -4.14. The average Bonchev–Trinajstić information content (AvgIpc) is 3.56. The van der Waals surface area contributed by atoms with Crippen molar-refractivity contribution in [1.29, 1.82) is 0 Å². The van der Waals surface area contributed by atoms with Gasteiger partial charge in [0.2, 0.25) is 11.8 Å². The second-order valence-electron chi connectivity index (χ2n) is 12.0. The second-order valence-corrected chi connectivity index (χ2v) is 14.7. The van der Waals surface area contributed by atoms with Crippen LogP contribution in [0.2, 0.25) is 0 Å². The van der Waals surface area contributed by atoms with Crippen molar-refractivity contribution in [2.45, 2.75) is 69.5 Å². The van der Waals surface area contributed by atoms with Crippen LogP contribution in [0, 0.1) is 13.8 Å². The van der Waals surface area contributed by atoms with E-state index in [-0.39, 0.29) is 29.8 Å². The maximum atomic E-state index is 14.7. The number of amides is 2. The van der Waals surface area contributed by atoms with Gasteiger partial charge in [-0.05, 0) is 73.7 Å². The molecule has 5 rings (SSSR count). The van der Waals surface area contributed by atoms with Crippen molar-refractivity contribution in [3.63, 3.8) is 0 Å². The smallest absolute Gasteiger partial charge is 0.264 e. The molecule has 0 aliphatic heterocycles. The largest absolute Gasteiger partial charge is 0.352 e. The summed E-state index contributed by atoms with van der Waals surface area (Å²) in [5.74, 6) is -0.704. The lowest BCUT2D eigenvalue weighted by Gasteiger charge is -2.34. The van der Waals surface area contributed by atoms with E-state index in [1.165, 1.54) is 16.4 Å². The van der Waals surface area contributed by atoms with E-state index in [0.717, 1.165) is 52.4 Å². The van der Waals surface area contributed by atoms with Crippen LogP contribution in [0.5, 0.6) is 0 Å². The van der Waals surface area contributed by atoms with Crippen molar-refractivity contribution in [3.8, 4) is 0 Å². The van der Waals surface area contributed by atoms with E-state index in [0.29, 0.717) is 5.69 Å². The number of aryl methyl sites for hydroxylation is 2. The Hall–Kier alpha value is -3.95. The lowest BCUT2D eigenvalue weighted by molar-refractivity contribution is -0.140. The maximum Gasteiger partial charge on any atom is 0.264 e. The highest BCUT2D eigenvalue weighted by molar-refractivity contribution is 9.10. The third-order valence-electron chi connectivity index (χ3n) is 8.45. The number of anilines is 1. The van der Waals surface area contributed by atoms with Gasteiger partial charge in [0.05, 0.1) is 10.6 Å². The minimum absolute atomic E-state index is 0.0544. The molecule has 7 nitrogen and oxygen atoms in total. The van der Waals surface area contributed by atoms with Gasteiger partial charge in [0.25, 0.3) is 10.0 Å². The Kier molecular flexibility index (Phi) is 11.0. The summed E-state index contributed by atoms with van der Waals surface area (Å²) in [7, 11) is -4.14. The second kappa shape index (κ2) is 15.1. The molecule has 0 aromatic heterocycles. The predicted octanol–water partition coefficient (Wildman–Crippen LogP) is 6.96. The molecule has 1 aliphatic rings. The van der Waals surface area contributed by atoms with Gasteiger partial charge < -0.3 is 10.2 Å². The van der Waals surface area contributed by atoms with Crippen LogP contribution < -0.4 is 9.62 Å². The first-order valence-corrected chi connectivity index (χ1v) is 17.9. The summed E-state index contributed by atoms with van der Waals surface area (Å²) in [4.78, 5) is 30.4. The molecule has 0 saturated heterocycles. The predicted molar refractivity (Wildman–Crippen MR) is 186 cm³/mol. The normalized spacial score (nSPS) is 14.1. The summed E-state index contributed by atoms with van der Waals surface area (Å²) in [5, 5.41) is 3.21. The molecule has 1 saturated carbocycles. The first-order chi connectivity index (χ1) is 22.1. The van der Waals surface area contributed by atoms with Crippen LogP contribution in [0.4, 0.5) is 5.69 Å². The Morgan fingerprint density at radius 1 is 0.848 bits per heavy atom. The molecule has 240 valence electrons. The number of carbonyl (C=O) groups is 2. The van der Waals surface area contributed by atoms with Gasteiger partial charge in [0, 0.05) is 23.5 Å². The molecule has 4 aromatic carbocycles. The van der Waals surface area contributed by atoms with Crippen LogP contribution in [0.15, 0.2) is 112 Å². The number of halogens is 1. The zero-order valence-electron chi connectivity index (χ0n) is 26.2. The summed E-state index contributed by atoms with van der Waals surface area (Å²) in [6.45, 7) is 3.43. The summed E-state index contributed by atoms with van der Waals surface area (Å²) in [6.07, 6.45) is 4.20. The lowest BCUT2D eigenvalue weighted by Crippen LogP contribution is -2.54. The van der Waals surface area contributed by atoms with Crippen molar-refractivity contribution in [3.05, 3.63) is 130 Å². The maximum absolute atomic E-state index is 14.7. The van der Waals surface area contributed by atoms with Crippen LogP contribution in [0.3, 0.4) is 0 Å².